The lowest BCUT2D eigenvalue weighted by molar-refractivity contribution is 0.0942. The van der Waals surface area contributed by atoms with Gasteiger partial charge in [-0.3, -0.25) is 9.59 Å². The Kier molecular flexibility index (Phi) is 4.64. The number of amides is 1. The summed E-state index contributed by atoms with van der Waals surface area (Å²) in [6.45, 7) is 0.512. The zero-order chi connectivity index (χ0) is 19.0. The Morgan fingerprint density at radius 1 is 1.00 bits per heavy atom. The van der Waals surface area contributed by atoms with Crippen LogP contribution in [-0.4, -0.2) is 37.2 Å². The normalized spacial score (nSPS) is 13.4. The van der Waals surface area contributed by atoms with Crippen LogP contribution in [0, 0.1) is 0 Å². The van der Waals surface area contributed by atoms with Crippen molar-refractivity contribution < 1.29 is 9.59 Å². The Bertz CT molecular complexity index is 1010. The maximum atomic E-state index is 12.7. The highest BCUT2D eigenvalue weighted by Crippen LogP contribution is 2.36. The molecule has 0 aliphatic heterocycles. The van der Waals surface area contributed by atoms with Crippen LogP contribution in [0.25, 0.3) is 11.1 Å². The molecule has 1 heterocycles. The molecule has 3 aromatic rings. The molecule has 0 saturated carbocycles. The van der Waals surface area contributed by atoms with Crippen LogP contribution in [0.15, 0.2) is 60.0 Å². The van der Waals surface area contributed by atoms with Gasteiger partial charge >= 0.3 is 0 Å². The molecule has 0 fully saturated rings. The Hall–Kier alpha value is -2.76. The first kappa shape index (κ1) is 17.6. The van der Waals surface area contributed by atoms with Crippen LogP contribution in [0.1, 0.15) is 37.2 Å². The summed E-state index contributed by atoms with van der Waals surface area (Å²) in [5, 5.41) is 5.05. The van der Waals surface area contributed by atoms with Crippen LogP contribution in [0.4, 0.5) is 0 Å². The summed E-state index contributed by atoms with van der Waals surface area (Å²) in [4.78, 5) is 28.6. The van der Waals surface area contributed by atoms with Gasteiger partial charge in [0.2, 0.25) is 0 Å². The van der Waals surface area contributed by atoms with Crippen molar-refractivity contribution >= 4 is 23.0 Å². The lowest BCUT2D eigenvalue weighted by atomic mass is 10.0. The maximum absolute atomic E-state index is 12.7. The van der Waals surface area contributed by atoms with Crippen molar-refractivity contribution in [1.82, 2.24) is 10.2 Å². The molecule has 1 aromatic heterocycles. The molecule has 5 heteroatoms. The number of nitrogens with zero attached hydrogens (tertiary/aromatic N) is 1. The molecule has 2 aromatic carbocycles. The maximum Gasteiger partial charge on any atom is 0.251 e. The van der Waals surface area contributed by atoms with Gasteiger partial charge in [-0.05, 0) is 48.8 Å². The summed E-state index contributed by atoms with van der Waals surface area (Å²) < 4.78 is 0. The number of ketones is 1. The van der Waals surface area contributed by atoms with Crippen LogP contribution < -0.4 is 5.32 Å². The van der Waals surface area contributed by atoms with Crippen molar-refractivity contribution in [2.45, 2.75) is 6.04 Å². The molecule has 1 N–H and O–H groups in total. The summed E-state index contributed by atoms with van der Waals surface area (Å²) >= 11 is 1.68. The molecule has 0 bridgehead atoms. The number of nitrogens with one attached hydrogen (secondary N) is 1. The minimum absolute atomic E-state index is 0.0139. The van der Waals surface area contributed by atoms with E-state index in [0.717, 1.165) is 11.1 Å². The van der Waals surface area contributed by atoms with Crippen LogP contribution >= 0.6 is 11.3 Å². The highest BCUT2D eigenvalue weighted by molar-refractivity contribution is 7.10. The number of benzene rings is 2. The molecule has 0 saturated heterocycles. The molecule has 4 rings (SSSR count). The number of carbonyl (C=O) groups is 2. The Labute approximate surface area is 162 Å². The number of thiophene rings is 1. The first-order valence-electron chi connectivity index (χ1n) is 8.82. The van der Waals surface area contributed by atoms with E-state index in [4.69, 9.17) is 0 Å². The minimum Gasteiger partial charge on any atom is -0.350 e. The standard InChI is InChI=1S/C22H20N2O2S/c1-24(2)19(20-8-5-11-27-20)13-23-22(26)14-9-10-16-15-6-3-4-7-17(15)21(25)18(16)12-14/h3-12,19H,13H2,1-2H3,(H,23,26). The van der Waals surface area contributed by atoms with E-state index in [2.05, 4.69) is 16.3 Å². The number of fused-ring (bicyclic) bond motifs is 3. The van der Waals surface area contributed by atoms with Crippen molar-refractivity contribution in [1.29, 1.82) is 0 Å². The molecule has 1 aliphatic carbocycles. The Balaban J connectivity index is 1.53. The third-order valence-corrected chi connectivity index (χ3v) is 5.91. The monoisotopic (exact) mass is 376 g/mol. The van der Waals surface area contributed by atoms with E-state index in [1.807, 2.05) is 55.9 Å². The Morgan fingerprint density at radius 2 is 1.74 bits per heavy atom. The van der Waals surface area contributed by atoms with Gasteiger partial charge in [0.15, 0.2) is 5.78 Å². The fourth-order valence-corrected chi connectivity index (χ4v) is 4.40. The number of likely N-dealkylation sites (N-methyl/N-ethyl adjacent to an activating group) is 1. The van der Waals surface area contributed by atoms with Crippen LogP contribution in [0.2, 0.25) is 0 Å². The lowest BCUT2D eigenvalue weighted by Gasteiger charge is -2.23. The lowest BCUT2D eigenvalue weighted by Crippen LogP contribution is -2.34. The van der Waals surface area contributed by atoms with Crippen molar-refractivity contribution in [3.63, 3.8) is 0 Å². The van der Waals surface area contributed by atoms with Crippen LogP contribution in [0.5, 0.6) is 0 Å². The van der Waals surface area contributed by atoms with Gasteiger partial charge in [-0.15, -0.1) is 11.3 Å². The highest BCUT2D eigenvalue weighted by Gasteiger charge is 2.27. The van der Waals surface area contributed by atoms with E-state index in [-0.39, 0.29) is 17.7 Å². The van der Waals surface area contributed by atoms with Crippen molar-refractivity contribution in [2.24, 2.45) is 0 Å². The second-order valence-corrected chi connectivity index (χ2v) is 7.82. The zero-order valence-electron chi connectivity index (χ0n) is 15.2. The van der Waals surface area contributed by atoms with Crippen molar-refractivity contribution in [3.05, 3.63) is 81.5 Å². The fourth-order valence-electron chi connectivity index (χ4n) is 3.48. The number of carbonyl (C=O) groups excluding carboxylic acids is 2. The van der Waals surface area contributed by atoms with Gasteiger partial charge in [-0.25, -0.2) is 0 Å². The molecule has 136 valence electrons. The van der Waals surface area contributed by atoms with E-state index in [1.54, 1.807) is 23.5 Å². The van der Waals surface area contributed by atoms with E-state index in [9.17, 15) is 9.59 Å². The van der Waals surface area contributed by atoms with E-state index < -0.39 is 0 Å². The average Bonchev–Trinajstić information content (AvgIpc) is 3.29. The summed E-state index contributed by atoms with van der Waals surface area (Å²) in [7, 11) is 4.00. The molecule has 1 aliphatic rings. The topological polar surface area (TPSA) is 49.4 Å². The minimum atomic E-state index is -0.162. The molecular formula is C22H20N2O2S. The van der Waals surface area contributed by atoms with E-state index in [1.165, 1.54) is 4.88 Å². The molecule has 4 nitrogen and oxygen atoms in total. The van der Waals surface area contributed by atoms with Gasteiger partial charge in [0.25, 0.3) is 5.91 Å². The number of rotatable bonds is 5. The SMILES string of the molecule is CN(C)C(CNC(=O)c1ccc2c(c1)C(=O)c1ccccc1-2)c1cccs1. The largest absolute Gasteiger partial charge is 0.350 e. The second-order valence-electron chi connectivity index (χ2n) is 6.84. The first-order valence-corrected chi connectivity index (χ1v) is 9.70. The molecule has 27 heavy (non-hydrogen) atoms. The molecule has 0 spiro atoms. The van der Waals surface area contributed by atoms with E-state index in [0.29, 0.717) is 23.2 Å². The van der Waals surface area contributed by atoms with Gasteiger partial charge < -0.3 is 10.2 Å². The molecule has 1 atom stereocenters. The van der Waals surface area contributed by atoms with Gasteiger partial charge in [-0.1, -0.05) is 36.4 Å². The number of hydrogen-bond acceptors (Lipinski definition) is 4. The van der Waals surface area contributed by atoms with Gasteiger partial charge in [0.1, 0.15) is 0 Å². The highest BCUT2D eigenvalue weighted by atomic mass is 32.1. The first-order chi connectivity index (χ1) is 13.1. The molecule has 1 amide bonds. The molecule has 0 radical (unpaired) electrons. The van der Waals surface area contributed by atoms with Gasteiger partial charge in [0, 0.05) is 28.1 Å². The smallest absolute Gasteiger partial charge is 0.251 e. The van der Waals surface area contributed by atoms with Crippen LogP contribution in [0.3, 0.4) is 0 Å². The third-order valence-electron chi connectivity index (χ3n) is 4.94. The number of hydrogen-bond donors (Lipinski definition) is 1. The predicted octanol–water partition coefficient (Wildman–Crippen LogP) is 3.99. The Morgan fingerprint density at radius 3 is 2.44 bits per heavy atom. The van der Waals surface area contributed by atoms with Gasteiger partial charge in [0.05, 0.1) is 6.04 Å². The molecule has 1 unspecified atom stereocenters. The quantitative estimate of drug-likeness (QED) is 0.573. The summed E-state index contributed by atoms with van der Waals surface area (Å²) in [5.41, 5.74) is 3.66. The van der Waals surface area contributed by atoms with Gasteiger partial charge in [-0.2, -0.15) is 0 Å². The van der Waals surface area contributed by atoms with Crippen molar-refractivity contribution in [2.75, 3.05) is 20.6 Å². The predicted molar refractivity (Wildman–Crippen MR) is 108 cm³/mol. The summed E-state index contributed by atoms with van der Waals surface area (Å²) in [6.07, 6.45) is 0. The third kappa shape index (κ3) is 3.20. The van der Waals surface area contributed by atoms with Crippen LogP contribution in [-0.2, 0) is 0 Å². The fraction of sp³-hybridized carbons (Fsp3) is 0.182. The summed E-state index contributed by atoms with van der Waals surface area (Å²) in [5.74, 6) is -0.176. The van der Waals surface area contributed by atoms with Crippen molar-refractivity contribution in [3.8, 4) is 11.1 Å². The second kappa shape index (κ2) is 7.10. The zero-order valence-corrected chi connectivity index (χ0v) is 16.0. The summed E-state index contributed by atoms with van der Waals surface area (Å²) in [6, 6.07) is 17.2. The molecular weight excluding hydrogens is 356 g/mol. The average molecular weight is 376 g/mol. The van der Waals surface area contributed by atoms with E-state index >= 15 is 0 Å².